The normalized spacial score (nSPS) is 18.7. The predicted molar refractivity (Wildman–Crippen MR) is 103 cm³/mol. The van der Waals surface area contributed by atoms with Crippen LogP contribution < -0.4 is 15.0 Å². The van der Waals surface area contributed by atoms with Crippen LogP contribution in [0.5, 0.6) is 5.75 Å². The van der Waals surface area contributed by atoms with Crippen molar-refractivity contribution in [3.8, 4) is 17.0 Å². The van der Waals surface area contributed by atoms with Gasteiger partial charge in [0.2, 0.25) is 0 Å². The average Bonchev–Trinajstić information content (AvgIpc) is 3.28. The third-order valence-electron chi connectivity index (χ3n) is 5.39. The Kier molecular flexibility index (Phi) is 3.79. The second-order valence-corrected chi connectivity index (χ2v) is 7.59. The Labute approximate surface area is 156 Å². The van der Waals surface area contributed by atoms with Crippen molar-refractivity contribution < 1.29 is 9.13 Å². The van der Waals surface area contributed by atoms with Gasteiger partial charge in [0.1, 0.15) is 17.1 Å². The van der Waals surface area contributed by atoms with Gasteiger partial charge >= 0.3 is 0 Å². The number of benzene rings is 1. The Morgan fingerprint density at radius 3 is 2.78 bits per heavy atom. The zero-order valence-corrected chi connectivity index (χ0v) is 15.3. The molecule has 7 heteroatoms. The molecule has 3 aromatic rings. The number of hydrogen-bond donors (Lipinski definition) is 2. The molecule has 1 aromatic carbocycles. The number of rotatable bonds is 4. The van der Waals surface area contributed by atoms with Crippen LogP contribution in [-0.2, 0) is 0 Å². The number of nitrogens with one attached hydrogen (secondary N) is 2. The zero-order chi connectivity index (χ0) is 18.4. The van der Waals surface area contributed by atoms with E-state index < -0.39 is 0 Å². The molecule has 2 aliphatic rings. The minimum absolute atomic E-state index is 0.232. The second-order valence-electron chi connectivity index (χ2n) is 7.59. The number of aromatic amines is 1. The molecule has 5 rings (SSSR count). The van der Waals surface area contributed by atoms with Gasteiger partial charge in [-0.05, 0) is 38.0 Å². The molecular formula is C20H22FN5O. The predicted octanol–water partition coefficient (Wildman–Crippen LogP) is 3.10. The summed E-state index contributed by atoms with van der Waals surface area (Å²) in [4.78, 5) is 6.78. The smallest absolute Gasteiger partial charge is 0.167 e. The molecular weight excluding hydrogens is 345 g/mol. The first-order valence-electron chi connectivity index (χ1n) is 9.40. The molecule has 2 fully saturated rings. The Hall–Kier alpha value is -2.67. The topological polar surface area (TPSA) is 66.1 Å². The maximum Gasteiger partial charge on any atom is 0.167 e. The summed E-state index contributed by atoms with van der Waals surface area (Å²) >= 11 is 0. The first kappa shape index (κ1) is 16.5. The Morgan fingerprint density at radius 2 is 2.00 bits per heavy atom. The number of H-pyrrole nitrogens is 1. The van der Waals surface area contributed by atoms with Crippen molar-refractivity contribution in [2.45, 2.75) is 25.4 Å². The van der Waals surface area contributed by atoms with E-state index in [0.29, 0.717) is 11.3 Å². The number of halogens is 1. The fraction of sp³-hybridized carbons (Fsp3) is 0.400. The first-order valence-corrected chi connectivity index (χ1v) is 9.40. The van der Waals surface area contributed by atoms with Gasteiger partial charge in [0.05, 0.1) is 5.52 Å². The van der Waals surface area contributed by atoms with Crippen molar-refractivity contribution >= 4 is 16.7 Å². The summed E-state index contributed by atoms with van der Waals surface area (Å²) in [5.74, 6) is 0.873. The van der Waals surface area contributed by atoms with Gasteiger partial charge in [-0.1, -0.05) is 0 Å². The van der Waals surface area contributed by atoms with Gasteiger partial charge in [-0.3, -0.25) is 5.10 Å². The summed E-state index contributed by atoms with van der Waals surface area (Å²) in [6.07, 6.45) is 3.72. The summed E-state index contributed by atoms with van der Waals surface area (Å²) in [6.45, 7) is 5.78. The lowest BCUT2D eigenvalue weighted by molar-refractivity contribution is 0.191. The summed E-state index contributed by atoms with van der Waals surface area (Å²) < 4.78 is 20.3. The van der Waals surface area contributed by atoms with E-state index in [-0.39, 0.29) is 11.4 Å². The molecule has 0 radical (unpaired) electrons. The number of fused-ring (bicyclic) bond motifs is 1. The molecule has 2 aromatic heterocycles. The second kappa shape index (κ2) is 6.20. The van der Waals surface area contributed by atoms with E-state index in [0.717, 1.165) is 61.5 Å². The fourth-order valence-electron chi connectivity index (χ4n) is 3.49. The van der Waals surface area contributed by atoms with Gasteiger partial charge in [0, 0.05) is 49.4 Å². The monoisotopic (exact) mass is 367 g/mol. The van der Waals surface area contributed by atoms with E-state index in [1.54, 1.807) is 12.3 Å². The summed E-state index contributed by atoms with van der Waals surface area (Å²) in [7, 11) is 0. The van der Waals surface area contributed by atoms with Crippen LogP contribution in [0.3, 0.4) is 0 Å². The SMILES string of the molecule is CC1(Oc2cc3c(-c4ccnc(N5CCNCC5)c4)n[nH]c3cc2F)CC1. The lowest BCUT2D eigenvalue weighted by Gasteiger charge is -2.28. The van der Waals surface area contributed by atoms with E-state index >= 15 is 0 Å². The number of ether oxygens (including phenoxy) is 1. The largest absolute Gasteiger partial charge is 0.484 e. The summed E-state index contributed by atoms with van der Waals surface area (Å²) in [5.41, 5.74) is 2.18. The number of piperazine rings is 1. The molecule has 0 atom stereocenters. The van der Waals surface area contributed by atoms with Crippen LogP contribution in [0.4, 0.5) is 10.2 Å². The highest BCUT2D eigenvalue weighted by molar-refractivity contribution is 5.94. The average molecular weight is 367 g/mol. The first-order chi connectivity index (χ1) is 13.1. The van der Waals surface area contributed by atoms with Crippen LogP contribution >= 0.6 is 0 Å². The maximum atomic E-state index is 14.4. The van der Waals surface area contributed by atoms with E-state index in [1.165, 1.54) is 6.07 Å². The van der Waals surface area contributed by atoms with E-state index in [1.807, 2.05) is 19.1 Å². The van der Waals surface area contributed by atoms with Crippen molar-refractivity contribution in [1.29, 1.82) is 0 Å². The standard InChI is InChI=1S/C20H22FN5O/c1-20(3-4-20)27-17-11-14-16(12-15(17)21)24-25-19(14)13-2-5-23-18(10-13)26-8-6-22-7-9-26/h2,5,10-12,22H,3-4,6-9H2,1H3,(H,24,25). The highest BCUT2D eigenvalue weighted by Crippen LogP contribution is 2.41. The van der Waals surface area contributed by atoms with Crippen LogP contribution in [0.25, 0.3) is 22.2 Å². The summed E-state index contributed by atoms with van der Waals surface area (Å²) in [6, 6.07) is 7.21. The zero-order valence-electron chi connectivity index (χ0n) is 15.3. The van der Waals surface area contributed by atoms with Crippen LogP contribution in [0, 0.1) is 5.82 Å². The quantitative estimate of drug-likeness (QED) is 0.742. The molecule has 1 aliphatic carbocycles. The van der Waals surface area contributed by atoms with Crippen LogP contribution in [0.2, 0.25) is 0 Å². The van der Waals surface area contributed by atoms with Gasteiger partial charge in [-0.25, -0.2) is 9.37 Å². The van der Waals surface area contributed by atoms with Crippen LogP contribution in [0.1, 0.15) is 19.8 Å². The van der Waals surface area contributed by atoms with Gasteiger partial charge in [-0.15, -0.1) is 0 Å². The molecule has 6 nitrogen and oxygen atoms in total. The van der Waals surface area contributed by atoms with Crippen LogP contribution in [0.15, 0.2) is 30.5 Å². The van der Waals surface area contributed by atoms with Crippen molar-refractivity contribution in [2.24, 2.45) is 0 Å². The number of nitrogens with zero attached hydrogens (tertiary/aromatic N) is 3. The van der Waals surface area contributed by atoms with Crippen molar-refractivity contribution in [2.75, 3.05) is 31.1 Å². The Morgan fingerprint density at radius 1 is 1.19 bits per heavy atom. The summed E-state index contributed by atoms with van der Waals surface area (Å²) in [5, 5.41) is 11.6. The molecule has 0 bridgehead atoms. The van der Waals surface area contributed by atoms with E-state index in [2.05, 4.69) is 25.4 Å². The van der Waals surface area contributed by atoms with E-state index in [9.17, 15) is 4.39 Å². The highest BCUT2D eigenvalue weighted by atomic mass is 19.1. The van der Waals surface area contributed by atoms with Crippen molar-refractivity contribution in [3.63, 3.8) is 0 Å². The third kappa shape index (κ3) is 3.12. The minimum atomic E-state index is -0.359. The highest BCUT2D eigenvalue weighted by Gasteiger charge is 2.40. The molecule has 1 saturated heterocycles. The molecule has 1 saturated carbocycles. The maximum absolute atomic E-state index is 14.4. The molecule has 140 valence electrons. The molecule has 0 unspecified atom stereocenters. The van der Waals surface area contributed by atoms with Crippen molar-refractivity contribution in [1.82, 2.24) is 20.5 Å². The van der Waals surface area contributed by atoms with E-state index in [4.69, 9.17) is 4.74 Å². The lowest BCUT2D eigenvalue weighted by Crippen LogP contribution is -2.43. The minimum Gasteiger partial charge on any atom is -0.484 e. The molecule has 27 heavy (non-hydrogen) atoms. The Bertz CT molecular complexity index is 991. The van der Waals surface area contributed by atoms with Gasteiger partial charge < -0.3 is 15.0 Å². The third-order valence-corrected chi connectivity index (χ3v) is 5.39. The number of hydrogen-bond acceptors (Lipinski definition) is 5. The number of aromatic nitrogens is 3. The lowest BCUT2D eigenvalue weighted by atomic mass is 10.1. The molecule has 0 spiro atoms. The molecule has 0 amide bonds. The fourth-order valence-corrected chi connectivity index (χ4v) is 3.49. The molecule has 2 N–H and O–H groups in total. The van der Waals surface area contributed by atoms with Gasteiger partial charge in [0.25, 0.3) is 0 Å². The molecule has 1 aliphatic heterocycles. The van der Waals surface area contributed by atoms with Gasteiger partial charge in [0.15, 0.2) is 11.6 Å². The number of anilines is 1. The van der Waals surface area contributed by atoms with Gasteiger partial charge in [-0.2, -0.15) is 5.10 Å². The number of pyridine rings is 1. The van der Waals surface area contributed by atoms with Crippen LogP contribution in [-0.4, -0.2) is 47.0 Å². The molecule has 3 heterocycles. The Balaban J connectivity index is 1.53. The van der Waals surface area contributed by atoms with Crippen molar-refractivity contribution in [3.05, 3.63) is 36.3 Å².